The second kappa shape index (κ2) is 8.90. The Morgan fingerprint density at radius 2 is 1.16 bits per heavy atom. The van der Waals surface area contributed by atoms with E-state index >= 15 is 0 Å². The van der Waals surface area contributed by atoms with E-state index in [0.29, 0.717) is 0 Å². The molecule has 0 spiro atoms. The minimum atomic E-state index is -1.77. The van der Waals surface area contributed by atoms with Crippen LogP contribution in [0.15, 0.2) is 140 Å². The maximum Gasteiger partial charge on any atom is 0.145 e. The van der Waals surface area contributed by atoms with Gasteiger partial charge in [-0.15, -0.1) is 0 Å². The number of aromatic nitrogens is 3. The normalized spacial score (nSPS) is 13.5. The topological polar surface area (TPSA) is 22.8 Å². The Labute approximate surface area is 251 Å². The average molecular weight is 568 g/mol. The molecule has 0 saturated heterocycles. The molecule has 0 amide bonds. The predicted octanol–water partition coefficient (Wildman–Crippen LogP) is 8.59. The van der Waals surface area contributed by atoms with Gasteiger partial charge in [-0.3, -0.25) is 4.57 Å². The molecule has 0 aliphatic carbocycles. The standard InChI is InChI=1S/C39H29N3Si/c1-43(2)37-19-11-7-15-30(37)32-24-36-31(25-38(32)43)29-14-6-9-17-34(29)41(36)28-22-20-26(21-23-28)39-40-33-16-8-10-18-35(33)42(39)27-12-4-3-5-13-27/h3-25H,1-2H3. The van der Waals surface area contributed by atoms with E-state index in [-0.39, 0.29) is 0 Å². The Morgan fingerprint density at radius 3 is 2.00 bits per heavy atom. The lowest BCUT2D eigenvalue weighted by Crippen LogP contribution is -2.49. The summed E-state index contributed by atoms with van der Waals surface area (Å²) >= 11 is 0. The van der Waals surface area contributed by atoms with Gasteiger partial charge in [-0.05, 0) is 82.2 Å². The van der Waals surface area contributed by atoms with Crippen LogP contribution in [-0.2, 0) is 0 Å². The number of benzene rings is 6. The van der Waals surface area contributed by atoms with Gasteiger partial charge >= 0.3 is 0 Å². The molecule has 3 heterocycles. The molecule has 1 aliphatic rings. The molecular formula is C39H29N3Si. The van der Waals surface area contributed by atoms with Gasteiger partial charge in [-0.25, -0.2) is 4.98 Å². The lowest BCUT2D eigenvalue weighted by molar-refractivity contribution is 1.10. The third kappa shape index (κ3) is 3.44. The van der Waals surface area contributed by atoms with E-state index in [1.165, 1.54) is 32.9 Å². The number of fused-ring (bicyclic) bond motifs is 7. The number of hydrogen-bond acceptors (Lipinski definition) is 1. The zero-order valence-corrected chi connectivity index (χ0v) is 25.1. The summed E-state index contributed by atoms with van der Waals surface area (Å²) < 4.78 is 4.70. The zero-order chi connectivity index (χ0) is 28.7. The van der Waals surface area contributed by atoms with Crippen molar-refractivity contribution >= 4 is 51.3 Å². The summed E-state index contributed by atoms with van der Waals surface area (Å²) in [5.74, 6) is 0.947. The van der Waals surface area contributed by atoms with E-state index in [9.17, 15) is 0 Å². The Hall–Kier alpha value is -5.19. The third-order valence-corrected chi connectivity index (χ3v) is 12.9. The van der Waals surface area contributed by atoms with Crippen molar-refractivity contribution < 1.29 is 0 Å². The Balaban J connectivity index is 1.25. The molecule has 0 unspecified atom stereocenters. The Bertz CT molecular complexity index is 2360. The number of rotatable bonds is 3. The molecule has 4 heteroatoms. The summed E-state index contributed by atoms with van der Waals surface area (Å²) in [6, 6.07) is 50.6. The smallest absolute Gasteiger partial charge is 0.145 e. The van der Waals surface area contributed by atoms with Crippen LogP contribution in [0.4, 0.5) is 0 Å². The molecule has 6 aromatic carbocycles. The minimum Gasteiger partial charge on any atom is -0.309 e. The van der Waals surface area contributed by atoms with Crippen LogP contribution in [0.25, 0.3) is 66.7 Å². The van der Waals surface area contributed by atoms with Crippen molar-refractivity contribution in [2.75, 3.05) is 0 Å². The molecule has 0 fully saturated rings. The maximum atomic E-state index is 5.09. The second-order valence-electron chi connectivity index (χ2n) is 12.1. The summed E-state index contributed by atoms with van der Waals surface area (Å²) in [4.78, 5) is 5.09. The van der Waals surface area contributed by atoms with Crippen molar-refractivity contribution in [3.05, 3.63) is 140 Å². The predicted molar refractivity (Wildman–Crippen MR) is 183 cm³/mol. The first-order valence-corrected chi connectivity index (χ1v) is 17.9. The van der Waals surface area contributed by atoms with Crippen molar-refractivity contribution in [3.63, 3.8) is 0 Å². The first kappa shape index (κ1) is 24.4. The van der Waals surface area contributed by atoms with Crippen molar-refractivity contribution in [2.45, 2.75) is 13.1 Å². The van der Waals surface area contributed by atoms with Gasteiger partial charge in [0.05, 0.1) is 22.1 Å². The first-order chi connectivity index (χ1) is 21.1. The first-order valence-electron chi connectivity index (χ1n) is 14.9. The van der Waals surface area contributed by atoms with Crippen LogP contribution < -0.4 is 10.4 Å². The molecule has 204 valence electrons. The Kier molecular flexibility index (Phi) is 5.05. The summed E-state index contributed by atoms with van der Waals surface area (Å²) in [5, 5.41) is 5.71. The number of para-hydroxylation sites is 4. The fourth-order valence-corrected chi connectivity index (χ4v) is 10.3. The molecule has 3 nitrogen and oxygen atoms in total. The molecule has 0 bridgehead atoms. The van der Waals surface area contributed by atoms with Crippen LogP contribution >= 0.6 is 0 Å². The van der Waals surface area contributed by atoms with E-state index in [1.54, 1.807) is 10.4 Å². The fourth-order valence-electron chi connectivity index (χ4n) is 7.26. The minimum absolute atomic E-state index is 0.947. The molecule has 0 saturated carbocycles. The monoisotopic (exact) mass is 567 g/mol. The van der Waals surface area contributed by atoms with Gasteiger partial charge < -0.3 is 4.57 Å². The molecule has 8 aromatic rings. The highest BCUT2D eigenvalue weighted by Crippen LogP contribution is 2.38. The fraction of sp³-hybridized carbons (Fsp3) is 0.0513. The van der Waals surface area contributed by atoms with Crippen LogP contribution in [0.3, 0.4) is 0 Å². The van der Waals surface area contributed by atoms with Crippen LogP contribution in [-0.4, -0.2) is 22.2 Å². The second-order valence-corrected chi connectivity index (χ2v) is 16.4. The van der Waals surface area contributed by atoms with Crippen molar-refractivity contribution in [1.29, 1.82) is 0 Å². The van der Waals surface area contributed by atoms with Gasteiger partial charge in [-0.1, -0.05) is 92.0 Å². The summed E-state index contributed by atoms with van der Waals surface area (Å²) in [7, 11) is -1.77. The van der Waals surface area contributed by atoms with Gasteiger partial charge in [0.2, 0.25) is 0 Å². The lowest BCUT2D eigenvalue weighted by Gasteiger charge is -2.18. The summed E-state index contributed by atoms with van der Waals surface area (Å²) in [6.45, 7) is 4.98. The Morgan fingerprint density at radius 1 is 0.488 bits per heavy atom. The van der Waals surface area contributed by atoms with Gasteiger partial charge in [-0.2, -0.15) is 0 Å². The van der Waals surface area contributed by atoms with E-state index < -0.39 is 8.07 Å². The molecule has 43 heavy (non-hydrogen) atoms. The van der Waals surface area contributed by atoms with Crippen molar-refractivity contribution in [2.24, 2.45) is 0 Å². The molecule has 0 radical (unpaired) electrons. The van der Waals surface area contributed by atoms with Gasteiger partial charge in [0.25, 0.3) is 0 Å². The molecule has 2 aromatic heterocycles. The maximum absolute atomic E-state index is 5.09. The molecular weight excluding hydrogens is 539 g/mol. The molecule has 1 aliphatic heterocycles. The highest BCUT2D eigenvalue weighted by Gasteiger charge is 2.37. The molecule has 0 atom stereocenters. The highest BCUT2D eigenvalue weighted by molar-refractivity contribution is 7.04. The summed E-state index contributed by atoms with van der Waals surface area (Å²) in [6.07, 6.45) is 0. The van der Waals surface area contributed by atoms with Crippen LogP contribution in [0, 0.1) is 0 Å². The molecule has 0 N–H and O–H groups in total. The van der Waals surface area contributed by atoms with Gasteiger partial charge in [0.1, 0.15) is 13.9 Å². The quantitative estimate of drug-likeness (QED) is 0.196. The van der Waals surface area contributed by atoms with Crippen LogP contribution in [0.1, 0.15) is 0 Å². The van der Waals surface area contributed by atoms with Crippen molar-refractivity contribution in [1.82, 2.24) is 14.1 Å². The average Bonchev–Trinajstić information content (AvgIpc) is 3.67. The van der Waals surface area contributed by atoms with E-state index in [4.69, 9.17) is 4.98 Å². The lowest BCUT2D eigenvalue weighted by atomic mass is 10.0. The SMILES string of the molecule is C[Si]1(C)c2ccccc2-c2cc3c(cc21)c1ccccc1n3-c1ccc(-c2nc3ccccc3n2-c2ccccc2)cc1. The third-order valence-electron chi connectivity index (χ3n) is 9.33. The number of hydrogen-bond donors (Lipinski definition) is 0. The van der Waals surface area contributed by atoms with Crippen LogP contribution in [0.5, 0.6) is 0 Å². The van der Waals surface area contributed by atoms with Crippen LogP contribution in [0.2, 0.25) is 13.1 Å². The zero-order valence-electron chi connectivity index (χ0n) is 24.1. The van der Waals surface area contributed by atoms with Gasteiger partial charge in [0, 0.05) is 27.7 Å². The number of nitrogens with zero attached hydrogens (tertiary/aromatic N) is 3. The van der Waals surface area contributed by atoms with Crippen molar-refractivity contribution in [3.8, 4) is 33.9 Å². The highest BCUT2D eigenvalue weighted by atomic mass is 28.3. The van der Waals surface area contributed by atoms with E-state index in [0.717, 1.165) is 33.8 Å². The largest absolute Gasteiger partial charge is 0.309 e. The summed E-state index contributed by atoms with van der Waals surface area (Å²) in [5.41, 5.74) is 10.7. The van der Waals surface area contributed by atoms with E-state index in [2.05, 4.69) is 162 Å². The molecule has 9 rings (SSSR count). The van der Waals surface area contributed by atoms with E-state index in [1.807, 2.05) is 0 Å². The number of imidazole rings is 1. The van der Waals surface area contributed by atoms with Gasteiger partial charge in [0.15, 0.2) is 0 Å².